The van der Waals surface area contributed by atoms with Gasteiger partial charge in [-0.3, -0.25) is 4.98 Å². The van der Waals surface area contributed by atoms with E-state index in [4.69, 9.17) is 0 Å². The summed E-state index contributed by atoms with van der Waals surface area (Å²) in [5.41, 5.74) is 3.12. The van der Waals surface area contributed by atoms with E-state index in [1.54, 1.807) is 6.08 Å². The van der Waals surface area contributed by atoms with E-state index in [1.807, 2.05) is 12.3 Å². The normalized spacial score (nSPS) is 20.8. The van der Waals surface area contributed by atoms with Crippen LogP contribution in [-0.2, 0) is 0 Å². The molecule has 2 aliphatic rings. The van der Waals surface area contributed by atoms with Crippen LogP contribution >= 0.6 is 0 Å². The molecule has 3 heterocycles. The molecular formula is C21H33N3. The molecule has 0 aliphatic carbocycles. The zero-order chi connectivity index (χ0) is 17.5. The van der Waals surface area contributed by atoms with Gasteiger partial charge in [-0.1, -0.05) is 27.0 Å². The molecule has 0 aromatic carbocycles. The molecule has 3 rings (SSSR count). The SMILES string of the molecule is C=Cc1ccc(C(=C)N2CCCC2)cn1.CC(C)C1CCN(C)C1. The highest BCUT2D eigenvalue weighted by atomic mass is 15.1. The van der Waals surface area contributed by atoms with Gasteiger partial charge in [0, 0.05) is 37.1 Å². The maximum atomic E-state index is 4.28. The quantitative estimate of drug-likeness (QED) is 0.818. The molecule has 24 heavy (non-hydrogen) atoms. The summed E-state index contributed by atoms with van der Waals surface area (Å²) in [5, 5.41) is 0. The van der Waals surface area contributed by atoms with Crippen LogP contribution in [0.4, 0.5) is 0 Å². The lowest BCUT2D eigenvalue weighted by atomic mass is 9.95. The van der Waals surface area contributed by atoms with Crippen LogP contribution in [0.3, 0.4) is 0 Å². The zero-order valence-corrected chi connectivity index (χ0v) is 15.7. The van der Waals surface area contributed by atoms with Gasteiger partial charge in [0.15, 0.2) is 0 Å². The van der Waals surface area contributed by atoms with E-state index in [0.717, 1.165) is 41.9 Å². The van der Waals surface area contributed by atoms with Crippen molar-refractivity contribution in [3.8, 4) is 0 Å². The third kappa shape index (κ3) is 5.20. The average Bonchev–Trinajstić information content (AvgIpc) is 3.26. The van der Waals surface area contributed by atoms with E-state index in [0.29, 0.717) is 0 Å². The maximum Gasteiger partial charge on any atom is 0.0624 e. The monoisotopic (exact) mass is 327 g/mol. The molecule has 2 fully saturated rings. The van der Waals surface area contributed by atoms with Crippen LogP contribution in [-0.4, -0.2) is 48.0 Å². The molecule has 1 aromatic heterocycles. The summed E-state index contributed by atoms with van der Waals surface area (Å²) < 4.78 is 0. The fourth-order valence-corrected chi connectivity index (χ4v) is 3.38. The lowest BCUT2D eigenvalue weighted by Crippen LogP contribution is -2.16. The average molecular weight is 328 g/mol. The Morgan fingerprint density at radius 2 is 1.96 bits per heavy atom. The van der Waals surface area contributed by atoms with Crippen molar-refractivity contribution >= 4 is 11.8 Å². The van der Waals surface area contributed by atoms with Crippen molar-refractivity contribution in [2.24, 2.45) is 11.8 Å². The van der Waals surface area contributed by atoms with Gasteiger partial charge in [-0.25, -0.2) is 0 Å². The molecule has 1 atom stereocenters. The molecular weight excluding hydrogens is 294 g/mol. The van der Waals surface area contributed by atoms with Gasteiger partial charge in [-0.15, -0.1) is 0 Å². The molecule has 0 saturated carbocycles. The summed E-state index contributed by atoms with van der Waals surface area (Å²) in [4.78, 5) is 9.03. The van der Waals surface area contributed by atoms with Crippen LogP contribution in [0.25, 0.3) is 11.8 Å². The van der Waals surface area contributed by atoms with Gasteiger partial charge in [0.25, 0.3) is 0 Å². The highest BCUT2D eigenvalue weighted by molar-refractivity contribution is 5.62. The van der Waals surface area contributed by atoms with E-state index in [2.05, 4.69) is 54.9 Å². The fourth-order valence-electron chi connectivity index (χ4n) is 3.38. The van der Waals surface area contributed by atoms with Crippen LogP contribution in [0.5, 0.6) is 0 Å². The van der Waals surface area contributed by atoms with Crippen LogP contribution in [0.1, 0.15) is 44.4 Å². The third-order valence-corrected chi connectivity index (χ3v) is 5.19. The van der Waals surface area contributed by atoms with Gasteiger partial charge in [0.2, 0.25) is 0 Å². The summed E-state index contributed by atoms with van der Waals surface area (Å²) >= 11 is 0. The number of aromatic nitrogens is 1. The molecule has 3 nitrogen and oxygen atoms in total. The van der Waals surface area contributed by atoms with E-state index in [1.165, 1.54) is 32.4 Å². The molecule has 1 unspecified atom stereocenters. The van der Waals surface area contributed by atoms with Crippen LogP contribution in [0.2, 0.25) is 0 Å². The fraction of sp³-hybridized carbons (Fsp3) is 0.571. The second-order valence-corrected chi connectivity index (χ2v) is 7.37. The lowest BCUT2D eigenvalue weighted by molar-refractivity contribution is 0.352. The lowest BCUT2D eigenvalue weighted by Gasteiger charge is -2.20. The first-order valence-electron chi connectivity index (χ1n) is 9.22. The Bertz CT molecular complexity index is 527. The molecule has 132 valence electrons. The summed E-state index contributed by atoms with van der Waals surface area (Å²) in [6, 6.07) is 4.04. The van der Waals surface area contributed by atoms with Crippen molar-refractivity contribution in [1.82, 2.24) is 14.8 Å². The first-order valence-corrected chi connectivity index (χ1v) is 9.22. The van der Waals surface area contributed by atoms with Crippen molar-refractivity contribution in [3.05, 3.63) is 42.7 Å². The first kappa shape index (κ1) is 18.7. The van der Waals surface area contributed by atoms with Gasteiger partial charge >= 0.3 is 0 Å². The Labute approximate surface area is 148 Å². The van der Waals surface area contributed by atoms with Crippen LogP contribution in [0.15, 0.2) is 31.5 Å². The molecule has 0 amide bonds. The van der Waals surface area contributed by atoms with Gasteiger partial charge in [0.05, 0.1) is 5.69 Å². The van der Waals surface area contributed by atoms with Gasteiger partial charge in [0.1, 0.15) is 0 Å². The number of likely N-dealkylation sites (tertiary alicyclic amines) is 2. The Hall–Kier alpha value is -1.61. The van der Waals surface area contributed by atoms with Gasteiger partial charge in [-0.05, 0) is 62.9 Å². The standard InChI is InChI=1S/C13H16N2.C8H17N/c1-3-13-7-6-12(10-14-13)11(2)15-8-4-5-9-15;1-7(2)8-4-5-9(3)6-8/h3,6-7,10H,1-2,4-5,8-9H2;7-8H,4-6H2,1-3H3. The molecule has 2 saturated heterocycles. The van der Waals surface area contributed by atoms with E-state index in [9.17, 15) is 0 Å². The van der Waals surface area contributed by atoms with E-state index >= 15 is 0 Å². The Morgan fingerprint density at radius 1 is 1.25 bits per heavy atom. The number of rotatable bonds is 4. The number of pyridine rings is 1. The second kappa shape index (κ2) is 9.03. The van der Waals surface area contributed by atoms with Crippen LogP contribution in [0, 0.1) is 11.8 Å². The van der Waals surface area contributed by atoms with Crippen molar-refractivity contribution < 1.29 is 0 Å². The number of hydrogen-bond acceptors (Lipinski definition) is 3. The third-order valence-electron chi connectivity index (χ3n) is 5.19. The topological polar surface area (TPSA) is 19.4 Å². The number of hydrogen-bond donors (Lipinski definition) is 0. The summed E-state index contributed by atoms with van der Waals surface area (Å²) in [6.07, 6.45) is 7.59. The summed E-state index contributed by atoms with van der Waals surface area (Å²) in [5.74, 6) is 1.85. The Morgan fingerprint density at radius 3 is 2.38 bits per heavy atom. The van der Waals surface area contributed by atoms with E-state index < -0.39 is 0 Å². The summed E-state index contributed by atoms with van der Waals surface area (Å²) in [7, 11) is 2.21. The second-order valence-electron chi connectivity index (χ2n) is 7.37. The predicted octanol–water partition coefficient (Wildman–Crippen LogP) is 4.39. The molecule has 0 N–H and O–H groups in total. The largest absolute Gasteiger partial charge is 0.371 e. The highest BCUT2D eigenvalue weighted by Gasteiger charge is 2.21. The minimum Gasteiger partial charge on any atom is -0.371 e. The smallest absolute Gasteiger partial charge is 0.0624 e. The minimum atomic E-state index is 0.884. The van der Waals surface area contributed by atoms with Crippen LogP contribution < -0.4 is 0 Å². The van der Waals surface area contributed by atoms with Crippen molar-refractivity contribution in [1.29, 1.82) is 0 Å². The highest BCUT2D eigenvalue weighted by Crippen LogP contribution is 2.22. The summed E-state index contributed by atoms with van der Waals surface area (Å²) in [6.45, 7) is 17.3. The zero-order valence-electron chi connectivity index (χ0n) is 15.7. The van der Waals surface area contributed by atoms with Gasteiger partial charge < -0.3 is 9.80 Å². The molecule has 0 bridgehead atoms. The number of nitrogens with zero attached hydrogens (tertiary/aromatic N) is 3. The molecule has 3 heteroatoms. The first-order chi connectivity index (χ1) is 11.5. The molecule has 2 aliphatic heterocycles. The Kier molecular flexibility index (Phi) is 7.04. The molecule has 0 spiro atoms. The molecule has 1 aromatic rings. The molecule has 0 radical (unpaired) electrons. The maximum absolute atomic E-state index is 4.28. The van der Waals surface area contributed by atoms with Gasteiger partial charge in [-0.2, -0.15) is 0 Å². The Balaban J connectivity index is 0.000000198. The van der Waals surface area contributed by atoms with E-state index in [-0.39, 0.29) is 0 Å². The van der Waals surface area contributed by atoms with Crippen molar-refractivity contribution in [2.45, 2.75) is 33.1 Å². The minimum absolute atomic E-state index is 0.884. The van der Waals surface area contributed by atoms with Crippen molar-refractivity contribution in [3.63, 3.8) is 0 Å². The van der Waals surface area contributed by atoms with Crippen molar-refractivity contribution in [2.75, 3.05) is 33.2 Å². The predicted molar refractivity (Wildman–Crippen MR) is 105 cm³/mol.